The van der Waals surface area contributed by atoms with Crippen LogP contribution < -0.4 is 20.4 Å². The molecule has 0 saturated heterocycles. The number of rotatable bonds is 8. The first-order valence-electron chi connectivity index (χ1n) is 17.2. The van der Waals surface area contributed by atoms with Crippen LogP contribution in [0, 0.1) is 37.5 Å². The van der Waals surface area contributed by atoms with Crippen molar-refractivity contribution in [3.63, 3.8) is 0 Å². The van der Waals surface area contributed by atoms with E-state index in [1.165, 1.54) is 23.7 Å². The average Bonchev–Trinajstić information content (AvgIpc) is 3.10. The molecule has 4 rings (SSSR count). The van der Waals surface area contributed by atoms with Crippen LogP contribution in [0.5, 0.6) is 0 Å². The Bertz CT molecular complexity index is 1830. The summed E-state index contributed by atoms with van der Waals surface area (Å²) in [5, 5.41) is 37.3. The number of aromatic nitrogens is 4. The van der Waals surface area contributed by atoms with Gasteiger partial charge in [-0.1, -0.05) is 24.3 Å². The second-order valence-electron chi connectivity index (χ2n) is 13.9. The summed E-state index contributed by atoms with van der Waals surface area (Å²) in [7, 11) is 0. The van der Waals surface area contributed by atoms with Gasteiger partial charge >= 0.3 is 33.0 Å². The standard InChI is InChI=1S/2C17H23N3.2C4H2O4.2Ni.2H2O/c2*1-14-8-7-10-16(19-14)13-20(17(2,3)4)12-15-9-5-6-11-18-15;2*5-3(6)1-2-4(7)8;;;;/h2*5-11H,12-13H2,1-4H3;2*(H,5,6)(H,7,8);;;2*1H2/q;;;;2*+3;;/p-4. The van der Waals surface area contributed by atoms with Gasteiger partial charge in [-0.3, -0.25) is 29.7 Å². The minimum Gasteiger partial charge on any atom is -0.537 e. The number of carbonyl (C=O) groups excluding carboxylic acids is 4. The molecule has 0 unspecified atom stereocenters. The van der Waals surface area contributed by atoms with E-state index in [1.807, 2.05) is 62.6 Å². The van der Waals surface area contributed by atoms with Gasteiger partial charge in [-0.2, -0.15) is 0 Å². The van der Waals surface area contributed by atoms with Gasteiger partial charge in [0.25, 0.3) is 0 Å². The summed E-state index contributed by atoms with van der Waals surface area (Å²) >= 11 is 0. The molecule has 326 valence electrons. The zero-order valence-corrected chi connectivity index (χ0v) is 36.5. The van der Waals surface area contributed by atoms with E-state index in [1.54, 1.807) is 0 Å². The third-order valence-electron chi connectivity index (χ3n) is 7.19. The molecule has 0 aliphatic heterocycles. The van der Waals surface area contributed by atoms with Crippen LogP contribution in [0.1, 0.15) is 75.7 Å². The van der Waals surface area contributed by atoms with Gasteiger partial charge in [-0.25, -0.2) is 0 Å². The fourth-order valence-electron chi connectivity index (χ4n) is 4.41. The van der Waals surface area contributed by atoms with Gasteiger partial charge in [0.1, 0.15) is 23.9 Å². The Balaban J connectivity index is -0.000000369. The normalized spacial score (nSPS) is 9.63. The van der Waals surface area contributed by atoms with E-state index in [2.05, 4.69) is 108 Å². The number of carboxylic acid groups (broad SMARTS) is 4. The fraction of sp³-hybridized carbons (Fsp3) is 0.333. The van der Waals surface area contributed by atoms with Gasteiger partial charge < -0.3 is 50.6 Å². The van der Waals surface area contributed by atoms with Gasteiger partial charge in [-0.05, 0) is 128 Å². The summed E-state index contributed by atoms with van der Waals surface area (Å²) in [4.78, 5) is 60.2. The van der Waals surface area contributed by atoms with E-state index in [0.29, 0.717) is 0 Å². The molecule has 2 radical (unpaired) electrons. The molecule has 4 N–H and O–H groups in total. The monoisotopic (exact) mass is 914 g/mol. The molecule has 0 aromatic carbocycles. The quantitative estimate of drug-likeness (QED) is 0.144. The van der Waals surface area contributed by atoms with E-state index >= 15 is 0 Å². The van der Waals surface area contributed by atoms with Crippen LogP contribution in [0.4, 0.5) is 0 Å². The van der Waals surface area contributed by atoms with Crippen LogP contribution in [0.15, 0.2) is 85.2 Å². The second kappa shape index (κ2) is 31.4. The van der Waals surface area contributed by atoms with Crippen molar-refractivity contribution in [3.8, 4) is 23.7 Å². The zero-order valence-electron chi connectivity index (χ0n) is 34.5. The van der Waals surface area contributed by atoms with Crippen molar-refractivity contribution in [1.82, 2.24) is 29.7 Å². The Morgan fingerprint density at radius 2 is 0.750 bits per heavy atom. The van der Waals surface area contributed by atoms with Crippen LogP contribution in [-0.2, 0) is 78.3 Å². The van der Waals surface area contributed by atoms with E-state index in [0.717, 1.165) is 60.3 Å². The van der Waals surface area contributed by atoms with Crippen molar-refractivity contribution in [2.45, 2.75) is 92.6 Å². The first-order chi connectivity index (χ1) is 26.1. The number of hydrogen-bond donors (Lipinski definition) is 0. The van der Waals surface area contributed by atoms with Crippen LogP contribution in [-0.4, -0.2) is 75.6 Å². The van der Waals surface area contributed by atoms with Crippen LogP contribution >= 0.6 is 0 Å². The number of aryl methyl sites for hydroxylation is 2. The molecule has 4 heterocycles. The van der Waals surface area contributed by atoms with Crippen LogP contribution in [0.2, 0.25) is 0 Å². The van der Waals surface area contributed by atoms with E-state index < -0.39 is 23.9 Å². The molecule has 0 bridgehead atoms. The van der Waals surface area contributed by atoms with Crippen molar-refractivity contribution in [2.24, 2.45) is 0 Å². The summed E-state index contributed by atoms with van der Waals surface area (Å²) in [6.45, 7) is 20.8. The number of aliphatic carboxylic acids is 4. The molecule has 0 aliphatic carbocycles. The Hall–Kier alpha value is -5.57. The maximum absolute atomic E-state index is 9.33. The molecule has 16 nitrogen and oxygen atoms in total. The zero-order chi connectivity index (χ0) is 42.3. The van der Waals surface area contributed by atoms with Gasteiger partial charge in [0.05, 0.1) is 22.8 Å². The molecule has 4 aromatic rings. The first-order valence-corrected chi connectivity index (χ1v) is 17.2. The van der Waals surface area contributed by atoms with Gasteiger partial charge in [0, 0.05) is 61.0 Å². The van der Waals surface area contributed by atoms with Crippen molar-refractivity contribution in [3.05, 3.63) is 119 Å². The van der Waals surface area contributed by atoms with Gasteiger partial charge in [0.15, 0.2) is 0 Å². The van der Waals surface area contributed by atoms with Crippen molar-refractivity contribution < 1.29 is 83.5 Å². The maximum atomic E-state index is 9.33. The molecule has 0 saturated carbocycles. The Morgan fingerprint density at radius 3 is 0.967 bits per heavy atom. The summed E-state index contributed by atoms with van der Waals surface area (Å²) in [5.41, 5.74) is 6.67. The molecular formula is C42H50N6Ni2O10+2. The third kappa shape index (κ3) is 29.6. The molecule has 0 atom stereocenters. The molecule has 0 fully saturated rings. The first kappa shape index (κ1) is 61.1. The van der Waals surface area contributed by atoms with Crippen molar-refractivity contribution in [1.29, 1.82) is 0 Å². The molecule has 18 heteroatoms. The minimum absolute atomic E-state index is 0. The predicted molar refractivity (Wildman–Crippen MR) is 207 cm³/mol. The smallest absolute Gasteiger partial charge is 0.537 e. The Labute approximate surface area is 371 Å². The number of nitrogens with zero attached hydrogens (tertiary/aromatic N) is 6. The number of carboxylic acids is 4. The fourth-order valence-corrected chi connectivity index (χ4v) is 4.41. The molecule has 0 amide bonds. The Morgan fingerprint density at radius 1 is 0.483 bits per heavy atom. The van der Waals surface area contributed by atoms with E-state index in [-0.39, 0.29) is 55.0 Å². The van der Waals surface area contributed by atoms with Crippen molar-refractivity contribution >= 4 is 23.9 Å². The van der Waals surface area contributed by atoms with Crippen molar-refractivity contribution in [2.75, 3.05) is 0 Å². The van der Waals surface area contributed by atoms with Crippen LogP contribution in [0.25, 0.3) is 0 Å². The molecule has 0 aliphatic rings. The predicted octanol–water partition coefficient (Wildman–Crippen LogP) is -1.50. The van der Waals surface area contributed by atoms with Gasteiger partial charge in [0.2, 0.25) is 0 Å². The number of carbonyl (C=O) groups is 4. The van der Waals surface area contributed by atoms with E-state index in [9.17, 15) is 39.6 Å². The summed E-state index contributed by atoms with van der Waals surface area (Å²) < 4.78 is 0. The SMILES string of the molecule is Cc1cccc(CN(Cc2ccccn2)C(C)(C)C)n1.Cc1cccc(CN(Cc2ccccn2)C(C)(C)C)n1.O.O.O=C([O-])C#CC(=O)[O-].O=C([O-])C#CC(=O)[O-].[Ni+3].[Ni+3]. The second-order valence-corrected chi connectivity index (χ2v) is 13.9. The topological polar surface area (TPSA) is 282 Å². The van der Waals surface area contributed by atoms with Gasteiger partial charge in [-0.15, -0.1) is 0 Å². The summed E-state index contributed by atoms with van der Waals surface area (Å²) in [5.74, 6) is -1.96. The summed E-state index contributed by atoms with van der Waals surface area (Å²) in [6.07, 6.45) is 3.70. The molecule has 60 heavy (non-hydrogen) atoms. The average molecular weight is 916 g/mol. The maximum Gasteiger partial charge on any atom is 3.00 e. The molecule has 0 spiro atoms. The number of pyridine rings is 4. The summed E-state index contributed by atoms with van der Waals surface area (Å²) in [6, 6.07) is 24.5. The van der Waals surface area contributed by atoms with Crippen LogP contribution in [0.3, 0.4) is 0 Å². The largest absolute Gasteiger partial charge is 3.00 e. The number of hydrogen-bond acceptors (Lipinski definition) is 14. The third-order valence-corrected chi connectivity index (χ3v) is 7.19. The minimum atomic E-state index is -1.73. The van der Waals surface area contributed by atoms with E-state index in [4.69, 9.17) is 0 Å². The Kier molecular flexibility index (Phi) is 31.9. The molecule has 4 aromatic heterocycles. The molecular weight excluding hydrogens is 866 g/mol.